The topological polar surface area (TPSA) is 173 Å². The Balaban J connectivity index is 1.98. The first kappa shape index (κ1) is 29.6. The van der Waals surface area contributed by atoms with Crippen molar-refractivity contribution in [1.82, 2.24) is 16.0 Å². The van der Waals surface area contributed by atoms with Gasteiger partial charge in [-0.3, -0.25) is 20.3 Å². The predicted molar refractivity (Wildman–Crippen MR) is 140 cm³/mol. The molecule has 0 aliphatic rings. The smallest absolute Gasteiger partial charge is 0.242 e. The Morgan fingerprint density at radius 2 is 1.65 bits per heavy atom. The van der Waals surface area contributed by atoms with Crippen LogP contribution in [-0.4, -0.2) is 46.5 Å². The van der Waals surface area contributed by atoms with Crippen LogP contribution in [0.25, 0.3) is 0 Å². The maximum atomic E-state index is 12.9. The number of nitrogens with two attached hydrogens (primary N) is 1. The molecule has 37 heavy (non-hydrogen) atoms. The van der Waals surface area contributed by atoms with Gasteiger partial charge in [-0.2, -0.15) is 0 Å². The number of benzene rings is 2. The summed E-state index contributed by atoms with van der Waals surface area (Å²) in [7, 11) is -0.774. The minimum Gasteiger partial charge on any atom is -0.493 e. The molecule has 2 atom stereocenters. The van der Waals surface area contributed by atoms with Crippen LogP contribution in [0.2, 0.25) is 0 Å². The van der Waals surface area contributed by atoms with E-state index in [1.807, 2.05) is 13.8 Å². The van der Waals surface area contributed by atoms with Crippen LogP contribution in [0.5, 0.6) is 11.5 Å². The molecule has 0 bridgehead atoms. The van der Waals surface area contributed by atoms with Gasteiger partial charge in [-0.25, -0.2) is 13.6 Å². The number of guanidine groups is 1. The van der Waals surface area contributed by atoms with Crippen LogP contribution in [0, 0.1) is 11.3 Å². The summed E-state index contributed by atoms with van der Waals surface area (Å²) in [6.07, 6.45) is 1.28. The van der Waals surface area contributed by atoms with Crippen molar-refractivity contribution in [3.8, 4) is 11.5 Å². The SMILES string of the molecule is CCC(C)CC(NC(=N)NC(=O)Cc1ccc(OC)c(OC)c1)C(=O)NCc1ccc(S(N)(=O)=O)cc1. The lowest BCUT2D eigenvalue weighted by Crippen LogP contribution is -2.52. The number of primary sulfonamides is 1. The van der Waals surface area contributed by atoms with E-state index >= 15 is 0 Å². The van der Waals surface area contributed by atoms with Crippen molar-refractivity contribution >= 4 is 27.8 Å². The highest BCUT2D eigenvalue weighted by atomic mass is 32.2. The van der Waals surface area contributed by atoms with Gasteiger partial charge in [0, 0.05) is 6.54 Å². The second kappa shape index (κ2) is 13.6. The first-order chi connectivity index (χ1) is 17.5. The molecule has 0 aliphatic carbocycles. The molecule has 2 unspecified atom stereocenters. The van der Waals surface area contributed by atoms with Gasteiger partial charge >= 0.3 is 0 Å². The Labute approximate surface area is 217 Å². The van der Waals surface area contributed by atoms with E-state index in [4.69, 9.17) is 20.0 Å². The molecule has 2 amide bonds. The van der Waals surface area contributed by atoms with E-state index in [1.165, 1.54) is 26.4 Å². The third-order valence-corrected chi connectivity index (χ3v) is 6.69. The summed E-state index contributed by atoms with van der Waals surface area (Å²) >= 11 is 0. The van der Waals surface area contributed by atoms with E-state index in [1.54, 1.807) is 30.3 Å². The molecule has 202 valence electrons. The van der Waals surface area contributed by atoms with E-state index in [9.17, 15) is 18.0 Å². The van der Waals surface area contributed by atoms with Gasteiger partial charge in [-0.15, -0.1) is 0 Å². The first-order valence-electron chi connectivity index (χ1n) is 11.7. The molecule has 2 aromatic carbocycles. The molecule has 0 heterocycles. The van der Waals surface area contributed by atoms with E-state index < -0.39 is 22.0 Å². The molecule has 0 radical (unpaired) electrons. The number of ether oxygens (including phenoxy) is 2. The molecule has 2 aromatic rings. The molecule has 6 N–H and O–H groups in total. The highest BCUT2D eigenvalue weighted by Gasteiger charge is 2.22. The first-order valence-corrected chi connectivity index (χ1v) is 13.3. The molecule has 0 aromatic heterocycles. The van der Waals surface area contributed by atoms with Crippen molar-refractivity contribution < 1.29 is 27.5 Å². The Morgan fingerprint density at radius 1 is 1.03 bits per heavy atom. The monoisotopic (exact) mass is 533 g/mol. The third kappa shape index (κ3) is 9.39. The Bertz CT molecular complexity index is 1200. The van der Waals surface area contributed by atoms with Gasteiger partial charge in [0.2, 0.25) is 21.8 Å². The third-order valence-electron chi connectivity index (χ3n) is 5.77. The molecule has 11 nitrogen and oxygen atoms in total. The second-order valence-corrected chi connectivity index (χ2v) is 10.2. The number of carbonyl (C=O) groups is 2. The lowest BCUT2D eigenvalue weighted by atomic mass is 9.98. The zero-order valence-corrected chi connectivity index (χ0v) is 22.3. The maximum Gasteiger partial charge on any atom is 0.242 e. The average Bonchev–Trinajstić information content (AvgIpc) is 2.86. The Kier molecular flexibility index (Phi) is 10.9. The number of hydrogen-bond donors (Lipinski definition) is 5. The van der Waals surface area contributed by atoms with Crippen LogP contribution in [0.15, 0.2) is 47.4 Å². The van der Waals surface area contributed by atoms with Crippen molar-refractivity contribution in [2.45, 2.75) is 50.6 Å². The summed E-state index contributed by atoms with van der Waals surface area (Å²) in [6, 6.07) is 10.2. The summed E-state index contributed by atoms with van der Waals surface area (Å²) in [5.74, 6) is 0.155. The fourth-order valence-corrected chi connectivity index (χ4v) is 4.00. The van der Waals surface area contributed by atoms with Crippen LogP contribution in [-0.2, 0) is 32.6 Å². The maximum absolute atomic E-state index is 12.9. The van der Waals surface area contributed by atoms with E-state index in [0.29, 0.717) is 29.0 Å². The molecule has 0 aliphatic heterocycles. The molecule has 0 saturated heterocycles. The molecule has 0 saturated carbocycles. The minimum absolute atomic E-state index is 0.00115. The number of methoxy groups -OCH3 is 2. The summed E-state index contributed by atoms with van der Waals surface area (Å²) in [4.78, 5) is 25.4. The fourth-order valence-electron chi connectivity index (χ4n) is 3.48. The van der Waals surface area contributed by atoms with Crippen molar-refractivity contribution in [1.29, 1.82) is 5.41 Å². The Hall–Kier alpha value is -3.64. The molecule has 12 heteroatoms. The molecule has 0 spiro atoms. The highest BCUT2D eigenvalue weighted by molar-refractivity contribution is 7.89. The van der Waals surface area contributed by atoms with Crippen LogP contribution in [0.1, 0.15) is 37.8 Å². The van der Waals surface area contributed by atoms with Gasteiger partial charge in [0.15, 0.2) is 17.5 Å². The summed E-state index contributed by atoms with van der Waals surface area (Å²) in [6.45, 7) is 4.15. The minimum atomic E-state index is -3.80. The van der Waals surface area contributed by atoms with Crippen LogP contribution in [0.4, 0.5) is 0 Å². The molecule has 2 rings (SSSR count). The zero-order chi connectivity index (χ0) is 27.6. The van der Waals surface area contributed by atoms with Crippen molar-refractivity contribution in [2.24, 2.45) is 11.1 Å². The number of amides is 2. The van der Waals surface area contributed by atoms with Crippen LogP contribution < -0.4 is 30.6 Å². The molecular weight excluding hydrogens is 498 g/mol. The Morgan fingerprint density at radius 3 is 2.22 bits per heavy atom. The predicted octanol–water partition coefficient (Wildman–Crippen LogP) is 1.66. The average molecular weight is 534 g/mol. The quantitative estimate of drug-likeness (QED) is 0.204. The zero-order valence-electron chi connectivity index (χ0n) is 21.5. The van der Waals surface area contributed by atoms with Gasteiger partial charge < -0.3 is 20.1 Å². The molecule has 0 fully saturated rings. The van der Waals surface area contributed by atoms with Crippen molar-refractivity contribution in [3.05, 3.63) is 53.6 Å². The van der Waals surface area contributed by atoms with E-state index in [2.05, 4.69) is 16.0 Å². The van der Waals surface area contributed by atoms with Crippen molar-refractivity contribution in [2.75, 3.05) is 14.2 Å². The van der Waals surface area contributed by atoms with Gasteiger partial charge in [0.25, 0.3) is 0 Å². The van der Waals surface area contributed by atoms with Gasteiger partial charge in [0.05, 0.1) is 25.5 Å². The molecular formula is C25H35N5O6S. The van der Waals surface area contributed by atoms with Gasteiger partial charge in [-0.1, -0.05) is 38.5 Å². The fraction of sp³-hybridized carbons (Fsp3) is 0.400. The largest absolute Gasteiger partial charge is 0.493 e. The number of sulfonamides is 1. The summed E-state index contributed by atoms with van der Waals surface area (Å²) in [5, 5.41) is 21.4. The lowest BCUT2D eigenvalue weighted by Gasteiger charge is -2.22. The normalized spacial score (nSPS) is 12.7. The standard InChI is InChI=1S/C25H35N5O6S/c1-5-16(2)12-20(24(32)28-15-17-6-9-19(10-7-17)37(27,33)34)29-25(26)30-23(31)14-18-8-11-21(35-3)22(13-18)36-4/h6-11,13,16,20H,5,12,14-15H2,1-4H3,(H,28,32)(H2,27,33,34)(H3,26,29,30,31). The van der Waals surface area contributed by atoms with Crippen molar-refractivity contribution in [3.63, 3.8) is 0 Å². The lowest BCUT2D eigenvalue weighted by molar-refractivity contribution is -0.123. The van der Waals surface area contributed by atoms with Crippen LogP contribution in [0.3, 0.4) is 0 Å². The van der Waals surface area contributed by atoms with Gasteiger partial charge in [0.1, 0.15) is 6.04 Å². The number of hydrogen-bond acceptors (Lipinski definition) is 7. The van der Waals surface area contributed by atoms with Gasteiger partial charge in [-0.05, 0) is 47.7 Å². The number of rotatable bonds is 12. The van der Waals surface area contributed by atoms with Crippen LogP contribution >= 0.6 is 0 Å². The van der Waals surface area contributed by atoms with E-state index in [-0.39, 0.29) is 35.6 Å². The number of carbonyl (C=O) groups excluding carboxylic acids is 2. The summed E-state index contributed by atoms with van der Waals surface area (Å²) < 4.78 is 33.3. The van der Waals surface area contributed by atoms with E-state index in [0.717, 1.165) is 6.42 Å². The highest BCUT2D eigenvalue weighted by Crippen LogP contribution is 2.27. The summed E-state index contributed by atoms with van der Waals surface area (Å²) in [5.41, 5.74) is 1.35. The second-order valence-electron chi connectivity index (χ2n) is 8.64. The number of nitrogens with one attached hydrogen (secondary N) is 4.